The van der Waals surface area contributed by atoms with Crippen molar-refractivity contribution in [3.05, 3.63) is 27.2 Å². The smallest absolute Gasteiger partial charge is 0.241 e. The summed E-state index contributed by atoms with van der Waals surface area (Å²) in [4.78, 5) is 22.2. The average Bonchev–Trinajstić information content (AvgIpc) is 2.39. The molecule has 0 aromatic carbocycles. The fourth-order valence-electron chi connectivity index (χ4n) is 4.14. The summed E-state index contributed by atoms with van der Waals surface area (Å²) < 4.78 is 0. The van der Waals surface area contributed by atoms with E-state index in [-0.39, 0.29) is 10.3 Å². The number of nitrogens with zero attached hydrogens (tertiary/aromatic N) is 2. The molecule has 2 aliphatic carbocycles. The van der Waals surface area contributed by atoms with Gasteiger partial charge in [-0.2, -0.15) is 0 Å². The highest BCUT2D eigenvalue weighted by Crippen LogP contribution is 2.57. The molecular weight excluding hydrogens is 256 g/mol. The minimum atomic E-state index is -1.09. The summed E-state index contributed by atoms with van der Waals surface area (Å²) >= 11 is 0. The van der Waals surface area contributed by atoms with Gasteiger partial charge in [0.15, 0.2) is 5.54 Å². The highest BCUT2D eigenvalue weighted by Gasteiger charge is 2.52. The van der Waals surface area contributed by atoms with Crippen molar-refractivity contribution in [3.8, 4) is 0 Å². The molecule has 0 aromatic rings. The first kappa shape index (κ1) is 15.1. The molecule has 0 saturated heterocycles. The van der Waals surface area contributed by atoms with Gasteiger partial charge >= 0.3 is 0 Å². The molecule has 0 amide bonds. The molecule has 112 valence electrons. The van der Waals surface area contributed by atoms with Crippen molar-refractivity contribution in [2.45, 2.75) is 64.5 Å². The third-order valence-corrected chi connectivity index (χ3v) is 5.64. The minimum Gasteiger partial charge on any atom is -0.264 e. The Kier molecular flexibility index (Phi) is 3.73. The lowest BCUT2D eigenvalue weighted by molar-refractivity contribution is -0.534. The van der Waals surface area contributed by atoms with Gasteiger partial charge in [-0.1, -0.05) is 31.2 Å². The molecular formula is C15H24N2O3. The van der Waals surface area contributed by atoms with Gasteiger partial charge in [0, 0.05) is 11.3 Å². The zero-order valence-electron chi connectivity index (χ0n) is 12.6. The fourth-order valence-corrected chi connectivity index (χ4v) is 4.14. The molecule has 0 radical (unpaired) electrons. The first-order valence-electron chi connectivity index (χ1n) is 7.37. The fraction of sp³-hybridized carbons (Fsp3) is 0.867. The van der Waals surface area contributed by atoms with Gasteiger partial charge in [0.25, 0.3) is 0 Å². The van der Waals surface area contributed by atoms with Crippen LogP contribution in [-0.4, -0.2) is 16.5 Å². The van der Waals surface area contributed by atoms with Gasteiger partial charge in [0.1, 0.15) is 0 Å². The molecule has 20 heavy (non-hydrogen) atoms. The maximum Gasteiger partial charge on any atom is 0.241 e. The Labute approximate surface area is 119 Å². The second-order valence-electron chi connectivity index (χ2n) is 7.39. The van der Waals surface area contributed by atoms with Crippen LogP contribution in [0.5, 0.6) is 0 Å². The number of nitroso groups, excluding NO2 is 1. The zero-order chi connectivity index (χ0) is 15.1. The molecule has 0 N–H and O–H groups in total. The normalized spacial score (nSPS) is 40.5. The Morgan fingerprint density at radius 1 is 1.35 bits per heavy atom. The Bertz CT molecular complexity index is 446. The highest BCUT2D eigenvalue weighted by atomic mass is 16.6. The van der Waals surface area contributed by atoms with Crippen molar-refractivity contribution >= 4 is 0 Å². The van der Waals surface area contributed by atoms with E-state index in [1.807, 2.05) is 0 Å². The van der Waals surface area contributed by atoms with Gasteiger partial charge in [-0.3, -0.25) is 10.1 Å². The SMILES string of the molecule is C=C1CCC([N+](=O)[O-])[C@](C)(N=O)CC[C@@H]2C1CC2(C)C. The van der Waals surface area contributed by atoms with Crippen molar-refractivity contribution in [2.24, 2.45) is 22.4 Å². The Balaban J connectivity index is 2.27. The second-order valence-corrected chi connectivity index (χ2v) is 7.39. The Morgan fingerprint density at radius 3 is 2.50 bits per heavy atom. The van der Waals surface area contributed by atoms with Gasteiger partial charge in [0.05, 0.1) is 0 Å². The predicted octanol–water partition coefficient (Wildman–Crippen LogP) is 3.95. The maximum atomic E-state index is 11.3. The van der Waals surface area contributed by atoms with Crippen LogP contribution < -0.4 is 0 Å². The van der Waals surface area contributed by atoms with E-state index in [1.54, 1.807) is 6.92 Å². The van der Waals surface area contributed by atoms with E-state index in [2.05, 4.69) is 25.6 Å². The molecule has 0 bridgehead atoms. The van der Waals surface area contributed by atoms with Gasteiger partial charge in [-0.15, -0.1) is 4.91 Å². The number of hydrogen-bond acceptors (Lipinski definition) is 4. The summed E-state index contributed by atoms with van der Waals surface area (Å²) in [6, 6.07) is -0.891. The van der Waals surface area contributed by atoms with E-state index in [4.69, 9.17) is 0 Å². The van der Waals surface area contributed by atoms with Crippen LogP contribution in [0.4, 0.5) is 0 Å². The molecule has 5 heteroatoms. The van der Waals surface area contributed by atoms with E-state index < -0.39 is 11.6 Å². The lowest BCUT2D eigenvalue weighted by Crippen LogP contribution is -2.46. The lowest BCUT2D eigenvalue weighted by Gasteiger charge is -2.53. The standard InChI is InChI=1S/C15H24N2O3/c1-10-5-6-13(17(19)20)15(4,16-18)8-7-12-11(10)9-14(12,2)3/h11-13H,1,5-9H2,2-4H3/t11?,12-,13?,15-/m1/s1. The molecule has 2 fully saturated rings. The predicted molar refractivity (Wildman–Crippen MR) is 78.0 cm³/mol. The summed E-state index contributed by atoms with van der Waals surface area (Å²) in [5, 5.41) is 14.5. The molecule has 2 rings (SSSR count). The van der Waals surface area contributed by atoms with Gasteiger partial charge in [-0.05, 0) is 49.9 Å². The van der Waals surface area contributed by atoms with Gasteiger partial charge < -0.3 is 0 Å². The number of hydrogen-bond donors (Lipinski definition) is 0. The summed E-state index contributed by atoms with van der Waals surface area (Å²) in [5.41, 5.74) is 0.271. The molecule has 0 spiro atoms. The number of allylic oxidation sites excluding steroid dienone is 1. The average molecular weight is 280 g/mol. The second kappa shape index (κ2) is 4.93. The molecule has 0 heterocycles. The molecule has 4 atom stereocenters. The maximum absolute atomic E-state index is 11.3. The van der Waals surface area contributed by atoms with Crippen LogP contribution in [0.15, 0.2) is 17.3 Å². The van der Waals surface area contributed by atoms with Crippen molar-refractivity contribution in [1.29, 1.82) is 0 Å². The van der Waals surface area contributed by atoms with Gasteiger partial charge in [-0.25, -0.2) is 0 Å². The van der Waals surface area contributed by atoms with E-state index in [0.29, 0.717) is 31.1 Å². The third kappa shape index (κ3) is 2.38. The van der Waals surface area contributed by atoms with Crippen LogP contribution in [0, 0.1) is 32.3 Å². The van der Waals surface area contributed by atoms with Crippen LogP contribution in [0.25, 0.3) is 0 Å². The molecule has 0 aromatic heterocycles. The Hall–Kier alpha value is -1.26. The topological polar surface area (TPSA) is 72.6 Å². The molecule has 0 aliphatic heterocycles. The van der Waals surface area contributed by atoms with E-state index >= 15 is 0 Å². The van der Waals surface area contributed by atoms with Gasteiger partial charge in [0.2, 0.25) is 6.04 Å². The van der Waals surface area contributed by atoms with Crippen molar-refractivity contribution in [2.75, 3.05) is 0 Å². The van der Waals surface area contributed by atoms with E-state index in [1.165, 1.54) is 0 Å². The number of fused-ring (bicyclic) bond motifs is 1. The van der Waals surface area contributed by atoms with E-state index in [9.17, 15) is 15.0 Å². The molecule has 5 nitrogen and oxygen atoms in total. The first-order valence-corrected chi connectivity index (χ1v) is 7.37. The zero-order valence-corrected chi connectivity index (χ0v) is 12.6. The monoisotopic (exact) mass is 280 g/mol. The summed E-state index contributed by atoms with van der Waals surface area (Å²) in [5.74, 6) is 0.938. The highest BCUT2D eigenvalue weighted by molar-refractivity contribution is 5.15. The lowest BCUT2D eigenvalue weighted by atomic mass is 9.52. The minimum absolute atomic E-state index is 0.242. The largest absolute Gasteiger partial charge is 0.264 e. The van der Waals surface area contributed by atoms with Crippen molar-refractivity contribution in [1.82, 2.24) is 0 Å². The van der Waals surface area contributed by atoms with E-state index in [0.717, 1.165) is 18.4 Å². The van der Waals surface area contributed by atoms with Crippen LogP contribution >= 0.6 is 0 Å². The first-order chi connectivity index (χ1) is 9.21. The van der Waals surface area contributed by atoms with Crippen molar-refractivity contribution < 1.29 is 4.92 Å². The van der Waals surface area contributed by atoms with Crippen LogP contribution in [0.1, 0.15) is 52.9 Å². The third-order valence-electron chi connectivity index (χ3n) is 5.64. The Morgan fingerprint density at radius 2 is 2.00 bits per heavy atom. The number of nitro groups is 1. The summed E-state index contributed by atoms with van der Waals surface area (Å²) in [7, 11) is 0. The number of rotatable bonds is 2. The van der Waals surface area contributed by atoms with Crippen molar-refractivity contribution in [3.63, 3.8) is 0 Å². The molecule has 2 aliphatic rings. The van der Waals surface area contributed by atoms with Crippen LogP contribution in [0.2, 0.25) is 0 Å². The summed E-state index contributed by atoms with van der Waals surface area (Å²) in [6.45, 7) is 10.2. The molecule has 2 saturated carbocycles. The quantitative estimate of drug-likeness (QED) is 0.333. The van der Waals surface area contributed by atoms with Crippen LogP contribution in [-0.2, 0) is 0 Å². The molecule has 2 unspecified atom stereocenters. The summed E-state index contributed by atoms with van der Waals surface area (Å²) in [6.07, 6.45) is 3.43. The van der Waals surface area contributed by atoms with Crippen LogP contribution in [0.3, 0.4) is 0 Å².